The van der Waals surface area contributed by atoms with Crippen LogP contribution in [0.15, 0.2) is 22.6 Å². The molecule has 0 saturated carbocycles. The molecule has 0 aliphatic carbocycles. The Morgan fingerprint density at radius 1 is 1.44 bits per heavy atom. The zero-order valence-electron chi connectivity index (χ0n) is 10.3. The SMILES string of the molecule is CCCCCOc1cccc2c1C(N)=N[S+]([O-])N2. The zero-order chi connectivity index (χ0) is 13.0. The van der Waals surface area contributed by atoms with E-state index in [2.05, 4.69) is 16.0 Å². The largest absolute Gasteiger partial charge is 0.566 e. The summed E-state index contributed by atoms with van der Waals surface area (Å²) in [5, 5.41) is 0. The fraction of sp³-hybridized carbons (Fsp3) is 0.417. The Morgan fingerprint density at radius 3 is 3.06 bits per heavy atom. The minimum Gasteiger partial charge on any atom is -0.566 e. The minimum absolute atomic E-state index is 0.258. The number of hydrogen-bond donors (Lipinski definition) is 2. The summed E-state index contributed by atoms with van der Waals surface area (Å²) in [6.45, 7) is 2.80. The monoisotopic (exact) mass is 267 g/mol. The normalized spacial score (nSPS) is 17.7. The van der Waals surface area contributed by atoms with Crippen LogP contribution < -0.4 is 15.2 Å². The molecule has 98 valence electrons. The Bertz CT molecular complexity index is 451. The third kappa shape index (κ3) is 2.88. The van der Waals surface area contributed by atoms with Crippen LogP contribution in [0.1, 0.15) is 31.7 Å². The highest BCUT2D eigenvalue weighted by atomic mass is 32.2. The quantitative estimate of drug-likeness (QED) is 0.631. The predicted molar refractivity (Wildman–Crippen MR) is 74.0 cm³/mol. The first kappa shape index (κ1) is 13.0. The molecule has 6 heteroatoms. The second-order valence-electron chi connectivity index (χ2n) is 4.06. The lowest BCUT2D eigenvalue weighted by molar-refractivity contribution is 0.306. The summed E-state index contributed by atoms with van der Waals surface area (Å²) >= 11 is -1.49. The highest BCUT2D eigenvalue weighted by Crippen LogP contribution is 2.30. The first-order chi connectivity index (χ1) is 8.72. The molecule has 0 aromatic heterocycles. The lowest BCUT2D eigenvalue weighted by Crippen LogP contribution is -2.27. The van der Waals surface area contributed by atoms with Crippen molar-refractivity contribution in [2.24, 2.45) is 10.1 Å². The molecule has 5 nitrogen and oxygen atoms in total. The Kier molecular flexibility index (Phi) is 4.33. The van der Waals surface area contributed by atoms with Crippen molar-refractivity contribution in [3.05, 3.63) is 23.8 Å². The molecule has 1 heterocycles. The summed E-state index contributed by atoms with van der Waals surface area (Å²) in [6, 6.07) is 5.51. The maximum atomic E-state index is 11.3. The summed E-state index contributed by atoms with van der Waals surface area (Å²) in [6.07, 6.45) is 3.30. The number of fused-ring (bicyclic) bond motifs is 1. The third-order valence-electron chi connectivity index (χ3n) is 2.67. The van der Waals surface area contributed by atoms with Gasteiger partial charge in [0.05, 0.1) is 17.9 Å². The predicted octanol–water partition coefficient (Wildman–Crippen LogP) is 1.97. The van der Waals surface area contributed by atoms with E-state index in [1.165, 1.54) is 0 Å². The van der Waals surface area contributed by atoms with E-state index in [0.29, 0.717) is 23.6 Å². The van der Waals surface area contributed by atoms with Gasteiger partial charge in [-0.15, -0.1) is 0 Å². The molecule has 1 atom stereocenters. The van der Waals surface area contributed by atoms with Crippen LogP contribution >= 0.6 is 0 Å². The van der Waals surface area contributed by atoms with Crippen LogP contribution in [0.4, 0.5) is 5.69 Å². The average molecular weight is 267 g/mol. The Hall–Kier alpha value is -1.40. The van der Waals surface area contributed by atoms with Crippen molar-refractivity contribution in [2.75, 3.05) is 11.3 Å². The fourth-order valence-corrected chi connectivity index (χ4v) is 2.46. The van der Waals surface area contributed by atoms with Crippen molar-refractivity contribution in [3.63, 3.8) is 0 Å². The highest BCUT2D eigenvalue weighted by Gasteiger charge is 2.24. The molecule has 3 N–H and O–H groups in total. The van der Waals surface area contributed by atoms with Gasteiger partial charge in [0.2, 0.25) is 11.5 Å². The first-order valence-corrected chi connectivity index (χ1v) is 7.12. The molecule has 0 fully saturated rings. The second-order valence-corrected chi connectivity index (χ2v) is 4.95. The third-order valence-corrected chi connectivity index (χ3v) is 3.42. The average Bonchev–Trinajstić information content (AvgIpc) is 2.34. The number of nitrogens with zero attached hydrogens (tertiary/aromatic N) is 1. The van der Waals surface area contributed by atoms with Crippen molar-refractivity contribution in [1.29, 1.82) is 0 Å². The first-order valence-electron chi connectivity index (χ1n) is 6.01. The van der Waals surface area contributed by atoms with E-state index >= 15 is 0 Å². The Morgan fingerprint density at radius 2 is 2.28 bits per heavy atom. The summed E-state index contributed by atoms with van der Waals surface area (Å²) in [4.78, 5) is 0. The number of hydrogen-bond acceptors (Lipinski definition) is 5. The number of nitrogens with two attached hydrogens (primary N) is 1. The van der Waals surface area contributed by atoms with Crippen LogP contribution in [-0.2, 0) is 11.5 Å². The van der Waals surface area contributed by atoms with Gasteiger partial charge in [-0.05, 0) is 23.0 Å². The number of rotatable bonds is 5. The van der Waals surface area contributed by atoms with Crippen molar-refractivity contribution in [1.82, 2.24) is 0 Å². The van der Waals surface area contributed by atoms with E-state index in [1.54, 1.807) is 0 Å². The molecule has 1 unspecified atom stereocenters. The molecule has 0 bridgehead atoms. The van der Waals surface area contributed by atoms with Gasteiger partial charge in [-0.3, -0.25) is 0 Å². The molecular formula is C12H17N3O2S. The Labute approximate surface area is 110 Å². The van der Waals surface area contributed by atoms with Crippen LogP contribution in [0.25, 0.3) is 0 Å². The topological polar surface area (TPSA) is 82.7 Å². The van der Waals surface area contributed by atoms with Crippen LogP contribution in [0, 0.1) is 0 Å². The van der Waals surface area contributed by atoms with E-state index in [-0.39, 0.29) is 5.84 Å². The van der Waals surface area contributed by atoms with E-state index < -0.39 is 11.5 Å². The lowest BCUT2D eigenvalue weighted by Gasteiger charge is -2.18. The van der Waals surface area contributed by atoms with Gasteiger partial charge in [-0.1, -0.05) is 25.8 Å². The van der Waals surface area contributed by atoms with Gasteiger partial charge in [0, 0.05) is 0 Å². The number of benzene rings is 1. The van der Waals surface area contributed by atoms with Crippen molar-refractivity contribution in [3.8, 4) is 5.75 Å². The molecule has 0 spiro atoms. The molecule has 1 aromatic carbocycles. The molecule has 0 saturated heterocycles. The van der Waals surface area contributed by atoms with E-state index in [0.717, 1.165) is 19.3 Å². The standard InChI is InChI=1S/C12H17N3O2S/c1-2-3-4-8-17-10-7-5-6-9-11(10)12(13)15-18(16)14-9/h5-7,14H,2-4,8H2,1H3,(H2,13,15). The Balaban J connectivity index is 2.14. The number of amidine groups is 1. The summed E-state index contributed by atoms with van der Waals surface area (Å²) in [7, 11) is 0. The van der Waals surface area contributed by atoms with Gasteiger partial charge >= 0.3 is 0 Å². The number of nitrogens with one attached hydrogen (secondary N) is 1. The number of unbranched alkanes of at least 4 members (excludes halogenated alkanes) is 2. The summed E-state index contributed by atoms with van der Waals surface area (Å²) in [5.41, 5.74) is 7.21. The minimum atomic E-state index is -1.49. The van der Waals surface area contributed by atoms with Gasteiger partial charge in [0.1, 0.15) is 5.75 Å². The molecular weight excluding hydrogens is 250 g/mol. The van der Waals surface area contributed by atoms with E-state index in [1.807, 2.05) is 18.2 Å². The fourth-order valence-electron chi connectivity index (χ4n) is 1.79. The zero-order valence-corrected chi connectivity index (χ0v) is 11.1. The van der Waals surface area contributed by atoms with Gasteiger partial charge in [-0.25, -0.2) is 0 Å². The lowest BCUT2D eigenvalue weighted by atomic mass is 10.1. The molecule has 1 aliphatic heterocycles. The molecule has 18 heavy (non-hydrogen) atoms. The maximum Gasteiger partial charge on any atom is 0.222 e. The summed E-state index contributed by atoms with van der Waals surface area (Å²) in [5.74, 6) is 0.947. The summed E-state index contributed by atoms with van der Waals surface area (Å²) < 4.78 is 23.6. The second kappa shape index (κ2) is 5.97. The van der Waals surface area contributed by atoms with E-state index in [4.69, 9.17) is 10.5 Å². The van der Waals surface area contributed by atoms with Crippen LogP contribution in [-0.4, -0.2) is 17.0 Å². The van der Waals surface area contributed by atoms with Gasteiger partial charge < -0.3 is 15.0 Å². The molecule has 1 aliphatic rings. The van der Waals surface area contributed by atoms with Crippen molar-refractivity contribution >= 4 is 23.1 Å². The van der Waals surface area contributed by atoms with Gasteiger partial charge in [-0.2, -0.15) is 4.72 Å². The van der Waals surface area contributed by atoms with Crippen LogP contribution in [0.5, 0.6) is 5.75 Å². The molecule has 0 radical (unpaired) electrons. The van der Waals surface area contributed by atoms with Gasteiger partial charge in [0.25, 0.3) is 0 Å². The smallest absolute Gasteiger partial charge is 0.222 e. The molecule has 1 aromatic rings. The van der Waals surface area contributed by atoms with Crippen molar-refractivity contribution in [2.45, 2.75) is 26.2 Å². The number of ether oxygens (including phenoxy) is 1. The maximum absolute atomic E-state index is 11.3. The van der Waals surface area contributed by atoms with Crippen molar-refractivity contribution < 1.29 is 9.29 Å². The highest BCUT2D eigenvalue weighted by molar-refractivity contribution is 7.91. The van der Waals surface area contributed by atoms with Crippen LogP contribution in [0.3, 0.4) is 0 Å². The molecule has 2 rings (SSSR count). The molecule has 0 amide bonds. The van der Waals surface area contributed by atoms with Gasteiger partial charge in [0.15, 0.2) is 5.84 Å². The van der Waals surface area contributed by atoms with E-state index in [9.17, 15) is 4.55 Å². The number of anilines is 1. The van der Waals surface area contributed by atoms with Crippen LogP contribution in [0.2, 0.25) is 0 Å².